The van der Waals surface area contributed by atoms with Crippen LogP contribution in [0.2, 0.25) is 5.02 Å². The largest absolute Gasteiger partial charge is 0.506 e. The van der Waals surface area contributed by atoms with Crippen LogP contribution in [-0.2, 0) is 0 Å². The molecule has 0 amide bonds. The molecule has 0 bridgehead atoms. The molecule has 0 aliphatic carbocycles. The Labute approximate surface area is 263 Å². The van der Waals surface area contributed by atoms with Crippen LogP contribution in [0.4, 0.5) is 17.2 Å². The summed E-state index contributed by atoms with van der Waals surface area (Å²) in [6.45, 7) is 4.56. The average Bonchev–Trinajstić information content (AvgIpc) is 3.07. The number of halogens is 1. The van der Waals surface area contributed by atoms with Crippen LogP contribution in [0.15, 0.2) is 101 Å². The summed E-state index contributed by atoms with van der Waals surface area (Å²) in [5.74, 6) is 0.595. The van der Waals surface area contributed by atoms with Crippen LogP contribution in [0.25, 0.3) is 27.5 Å². The topological polar surface area (TPSA) is 119 Å². The fraction of sp³-hybridized carbons (Fsp3) is 0.176. The van der Waals surface area contributed by atoms with Crippen molar-refractivity contribution in [3.8, 4) is 11.4 Å². The van der Waals surface area contributed by atoms with Crippen molar-refractivity contribution in [2.75, 3.05) is 41.3 Å². The number of nitrogens with one attached hydrogen (secondary N) is 2. The summed E-state index contributed by atoms with van der Waals surface area (Å²) in [6.07, 6.45) is 2.92. The Hall–Kier alpha value is -5.35. The predicted molar refractivity (Wildman–Crippen MR) is 179 cm³/mol. The summed E-state index contributed by atoms with van der Waals surface area (Å²) < 4.78 is 1.65. The fourth-order valence-electron chi connectivity index (χ4n) is 6.20. The number of hydrogen-bond acceptors (Lipinski definition) is 8. The lowest BCUT2D eigenvalue weighted by Crippen LogP contribution is -2.47. The van der Waals surface area contributed by atoms with E-state index in [1.807, 2.05) is 73.7 Å². The molecule has 0 spiro atoms. The monoisotopic (exact) mass is 619 g/mol. The van der Waals surface area contributed by atoms with Crippen molar-refractivity contribution in [3.63, 3.8) is 0 Å². The van der Waals surface area contributed by atoms with E-state index in [2.05, 4.69) is 30.1 Å². The molecule has 6 aromatic rings. The second-order valence-electron chi connectivity index (χ2n) is 11.0. The smallest absolute Gasteiger partial charge is 0.265 e. The normalized spacial score (nSPS) is 14.2. The quantitative estimate of drug-likeness (QED) is 0.224. The van der Waals surface area contributed by atoms with Crippen LogP contribution < -0.4 is 26.1 Å². The van der Waals surface area contributed by atoms with Gasteiger partial charge in [0.2, 0.25) is 0 Å². The van der Waals surface area contributed by atoms with Crippen molar-refractivity contribution in [1.29, 1.82) is 0 Å². The number of hydrogen-bond donors (Lipinski definition) is 3. The summed E-state index contributed by atoms with van der Waals surface area (Å²) >= 11 is 7.26. The van der Waals surface area contributed by atoms with E-state index in [1.54, 1.807) is 16.8 Å². The van der Waals surface area contributed by atoms with Crippen LogP contribution >= 0.6 is 11.6 Å². The number of fused-ring (bicyclic) bond motifs is 2. The molecular formula is C34H30ClN7O3. The maximum atomic E-state index is 14.6. The number of phenols is 1. The van der Waals surface area contributed by atoms with Gasteiger partial charge in [0.1, 0.15) is 28.9 Å². The molecule has 1 atom stereocenters. The third kappa shape index (κ3) is 5.02. The minimum absolute atomic E-state index is 0.201. The molecule has 1 aliphatic rings. The van der Waals surface area contributed by atoms with Crippen LogP contribution in [0.5, 0.6) is 5.75 Å². The number of H-pyrrole nitrogens is 1. The molecule has 0 unspecified atom stereocenters. The zero-order valence-corrected chi connectivity index (χ0v) is 25.2. The Kier molecular flexibility index (Phi) is 7.34. The van der Waals surface area contributed by atoms with Gasteiger partial charge in [-0.2, -0.15) is 0 Å². The Bertz CT molecular complexity index is 2150. The van der Waals surface area contributed by atoms with E-state index >= 15 is 0 Å². The second-order valence-corrected chi connectivity index (χ2v) is 11.4. The van der Waals surface area contributed by atoms with Gasteiger partial charge in [-0.1, -0.05) is 54.1 Å². The van der Waals surface area contributed by atoms with Gasteiger partial charge in [-0.05, 0) is 37.3 Å². The van der Waals surface area contributed by atoms with Crippen molar-refractivity contribution in [2.45, 2.75) is 13.0 Å². The molecule has 10 nitrogen and oxygen atoms in total. The van der Waals surface area contributed by atoms with E-state index in [0.29, 0.717) is 70.2 Å². The standard InChI is InChI=1S/C34H30ClN7O3/c1-21(39-33-29-27(44)14-15-36-32(29)37-20-38-33)31-30(35)23-10-7-12-25(28(23)34(45)42(31)22-8-3-2-4-9-22)41-18-16-40(17-19-41)24-11-5-6-13-26(24)43/h2-15,20-21,43H,16-19H2,1H3,(H2,36,37,38,39,44)/t21-/m0/s1. The number of piperazine rings is 1. The third-order valence-corrected chi connectivity index (χ3v) is 8.73. The maximum Gasteiger partial charge on any atom is 0.265 e. The maximum absolute atomic E-state index is 14.6. The number of aromatic hydroxyl groups is 1. The molecule has 45 heavy (non-hydrogen) atoms. The van der Waals surface area contributed by atoms with Gasteiger partial charge in [0.05, 0.1) is 33.5 Å². The number of rotatable bonds is 6. The van der Waals surface area contributed by atoms with Gasteiger partial charge in [-0.3, -0.25) is 14.2 Å². The number of para-hydroxylation sites is 3. The first kappa shape index (κ1) is 28.4. The molecular weight excluding hydrogens is 590 g/mol. The summed E-state index contributed by atoms with van der Waals surface area (Å²) in [6, 6.07) is 23.4. The second kappa shape index (κ2) is 11.6. The lowest BCUT2D eigenvalue weighted by Gasteiger charge is -2.38. The zero-order valence-electron chi connectivity index (χ0n) is 24.4. The summed E-state index contributed by atoms with van der Waals surface area (Å²) in [5, 5.41) is 15.6. The van der Waals surface area contributed by atoms with Crippen molar-refractivity contribution < 1.29 is 5.11 Å². The highest BCUT2D eigenvalue weighted by molar-refractivity contribution is 6.36. The summed E-state index contributed by atoms with van der Waals surface area (Å²) in [7, 11) is 0. The highest BCUT2D eigenvalue weighted by Gasteiger charge is 2.27. The first-order valence-corrected chi connectivity index (χ1v) is 15.1. The molecule has 0 saturated carbocycles. The lowest BCUT2D eigenvalue weighted by molar-refractivity contribution is 0.472. The van der Waals surface area contributed by atoms with E-state index in [9.17, 15) is 14.7 Å². The molecule has 4 heterocycles. The van der Waals surface area contributed by atoms with Gasteiger partial charge in [-0.25, -0.2) is 9.97 Å². The highest BCUT2D eigenvalue weighted by Crippen LogP contribution is 2.37. The zero-order chi connectivity index (χ0) is 31.1. The summed E-state index contributed by atoms with van der Waals surface area (Å²) in [5.41, 5.74) is 2.80. The SMILES string of the molecule is C[C@H](Nc1ncnc2[nH]ccc(=O)c12)c1c(Cl)c2cccc(N3CCN(c4ccccc4O)CC3)c2c(=O)n1-c1ccccc1. The predicted octanol–water partition coefficient (Wildman–Crippen LogP) is 5.48. The van der Waals surface area contributed by atoms with Crippen molar-refractivity contribution >= 4 is 50.6 Å². The van der Waals surface area contributed by atoms with Crippen molar-refractivity contribution in [2.24, 2.45) is 0 Å². The van der Waals surface area contributed by atoms with E-state index in [-0.39, 0.29) is 16.7 Å². The Morgan fingerprint density at radius 3 is 2.29 bits per heavy atom. The Morgan fingerprint density at radius 2 is 1.53 bits per heavy atom. The number of aromatic nitrogens is 4. The number of nitrogens with zero attached hydrogens (tertiary/aromatic N) is 5. The van der Waals surface area contributed by atoms with Gasteiger partial charge in [0, 0.05) is 49.5 Å². The number of aromatic amines is 1. The van der Waals surface area contributed by atoms with Crippen molar-refractivity contribution in [1.82, 2.24) is 19.5 Å². The molecule has 0 radical (unpaired) electrons. The van der Waals surface area contributed by atoms with Crippen LogP contribution in [0.3, 0.4) is 0 Å². The number of anilines is 3. The van der Waals surface area contributed by atoms with Gasteiger partial charge >= 0.3 is 0 Å². The van der Waals surface area contributed by atoms with E-state index in [1.165, 1.54) is 12.4 Å². The fourth-order valence-corrected chi connectivity index (χ4v) is 6.60. The van der Waals surface area contributed by atoms with E-state index in [4.69, 9.17) is 11.6 Å². The van der Waals surface area contributed by atoms with Gasteiger partial charge in [0.15, 0.2) is 5.43 Å². The highest BCUT2D eigenvalue weighted by atomic mass is 35.5. The molecule has 1 fully saturated rings. The Balaban J connectivity index is 1.34. The van der Waals surface area contributed by atoms with Crippen molar-refractivity contribution in [3.05, 3.63) is 123 Å². The molecule has 1 aliphatic heterocycles. The molecule has 3 N–H and O–H groups in total. The van der Waals surface area contributed by atoms with Crippen LogP contribution in [0.1, 0.15) is 18.7 Å². The van der Waals surface area contributed by atoms with Crippen LogP contribution in [0, 0.1) is 0 Å². The average molecular weight is 620 g/mol. The first-order chi connectivity index (χ1) is 21.9. The lowest BCUT2D eigenvalue weighted by atomic mass is 10.0. The minimum Gasteiger partial charge on any atom is -0.506 e. The number of phenolic OH excluding ortho intramolecular Hbond substituents is 1. The molecule has 3 aromatic heterocycles. The molecule has 7 rings (SSSR count). The van der Waals surface area contributed by atoms with E-state index < -0.39 is 6.04 Å². The molecule has 11 heteroatoms. The Morgan fingerprint density at radius 1 is 0.844 bits per heavy atom. The van der Waals surface area contributed by atoms with Gasteiger partial charge < -0.3 is 25.2 Å². The first-order valence-electron chi connectivity index (χ1n) is 14.7. The minimum atomic E-state index is -0.529. The molecule has 226 valence electrons. The third-order valence-electron chi connectivity index (χ3n) is 8.33. The summed E-state index contributed by atoms with van der Waals surface area (Å²) in [4.78, 5) is 43.3. The number of pyridine rings is 2. The van der Waals surface area contributed by atoms with Gasteiger partial charge in [-0.15, -0.1) is 0 Å². The number of benzene rings is 3. The molecule has 1 saturated heterocycles. The van der Waals surface area contributed by atoms with Crippen LogP contribution in [-0.4, -0.2) is 50.8 Å². The van der Waals surface area contributed by atoms with E-state index in [0.717, 1.165) is 11.4 Å². The molecule has 3 aromatic carbocycles. The van der Waals surface area contributed by atoms with Gasteiger partial charge in [0.25, 0.3) is 5.56 Å².